The lowest BCUT2D eigenvalue weighted by Crippen LogP contribution is -2.32. The predicted molar refractivity (Wildman–Crippen MR) is 53.3 cm³/mol. The van der Waals surface area contributed by atoms with Gasteiger partial charge in [-0.05, 0) is 19.8 Å². The molecule has 0 bridgehead atoms. The molecule has 1 unspecified atom stereocenters. The van der Waals surface area contributed by atoms with Gasteiger partial charge in [0.25, 0.3) is 0 Å². The molecule has 2 heteroatoms. The summed E-state index contributed by atoms with van der Waals surface area (Å²) >= 11 is 0. The smallest absolute Gasteiger partial charge is 0.143 e. The van der Waals surface area contributed by atoms with Crippen molar-refractivity contribution in [1.29, 1.82) is 0 Å². The van der Waals surface area contributed by atoms with Crippen molar-refractivity contribution in [2.24, 2.45) is 0 Å². The van der Waals surface area contributed by atoms with E-state index < -0.39 is 0 Å². The molecule has 0 heterocycles. The van der Waals surface area contributed by atoms with Crippen LogP contribution in [0.4, 0.5) is 0 Å². The molecule has 0 aromatic carbocycles. The van der Waals surface area contributed by atoms with Gasteiger partial charge in [0, 0.05) is 6.42 Å². The standard InChI is InChI=1S/C11H17NO/c1-10(13)9-12-11-7-5-3-2-4-6-8-11/h11-12H,2-5,7,9H2,1H3. The van der Waals surface area contributed by atoms with E-state index in [0.717, 1.165) is 12.8 Å². The van der Waals surface area contributed by atoms with Gasteiger partial charge >= 0.3 is 0 Å². The van der Waals surface area contributed by atoms with Crippen molar-refractivity contribution in [3.8, 4) is 11.8 Å². The van der Waals surface area contributed by atoms with E-state index in [1.54, 1.807) is 6.92 Å². The normalized spacial score (nSPS) is 22.4. The molecule has 2 nitrogen and oxygen atoms in total. The summed E-state index contributed by atoms with van der Waals surface area (Å²) in [6.45, 7) is 2.06. The SMILES string of the molecule is CC(=O)CNC1C#CCCCCC1. The summed E-state index contributed by atoms with van der Waals surface area (Å²) in [5.41, 5.74) is 0. The summed E-state index contributed by atoms with van der Waals surface area (Å²) < 4.78 is 0. The highest BCUT2D eigenvalue weighted by Crippen LogP contribution is 2.07. The van der Waals surface area contributed by atoms with Gasteiger partial charge in [0.1, 0.15) is 5.78 Å². The van der Waals surface area contributed by atoms with E-state index in [4.69, 9.17) is 0 Å². The number of Topliss-reactive ketones (excluding diaryl/α,β-unsaturated/α-hetero) is 1. The third-order valence-electron chi connectivity index (χ3n) is 2.17. The van der Waals surface area contributed by atoms with E-state index in [2.05, 4.69) is 17.2 Å². The van der Waals surface area contributed by atoms with E-state index in [0.29, 0.717) is 6.54 Å². The zero-order valence-corrected chi connectivity index (χ0v) is 8.23. The fourth-order valence-electron chi connectivity index (χ4n) is 1.43. The maximum atomic E-state index is 10.7. The number of hydrogen-bond donors (Lipinski definition) is 1. The van der Waals surface area contributed by atoms with Crippen LogP contribution in [0.15, 0.2) is 0 Å². The first-order chi connectivity index (χ1) is 6.29. The Kier molecular flexibility index (Phi) is 4.56. The van der Waals surface area contributed by atoms with Crippen LogP contribution in [0.3, 0.4) is 0 Å². The Hall–Kier alpha value is -0.810. The fourth-order valence-corrected chi connectivity index (χ4v) is 1.43. The number of ketones is 1. The second-order valence-corrected chi connectivity index (χ2v) is 3.56. The quantitative estimate of drug-likeness (QED) is 0.665. The molecule has 0 saturated carbocycles. The molecule has 72 valence electrons. The number of carbonyl (C=O) groups is 1. The van der Waals surface area contributed by atoms with Crippen molar-refractivity contribution in [1.82, 2.24) is 5.32 Å². The second-order valence-electron chi connectivity index (χ2n) is 3.56. The predicted octanol–water partition coefficient (Wildman–Crippen LogP) is 1.50. The van der Waals surface area contributed by atoms with Crippen LogP contribution in [-0.4, -0.2) is 18.4 Å². The molecular weight excluding hydrogens is 162 g/mol. The van der Waals surface area contributed by atoms with Gasteiger partial charge in [0.15, 0.2) is 0 Å². The molecule has 1 aliphatic carbocycles. The molecule has 1 atom stereocenters. The van der Waals surface area contributed by atoms with Gasteiger partial charge in [-0.3, -0.25) is 10.1 Å². The maximum Gasteiger partial charge on any atom is 0.143 e. The van der Waals surface area contributed by atoms with E-state index in [9.17, 15) is 4.79 Å². The largest absolute Gasteiger partial charge is 0.299 e. The van der Waals surface area contributed by atoms with Gasteiger partial charge in [0.2, 0.25) is 0 Å². The van der Waals surface area contributed by atoms with E-state index in [-0.39, 0.29) is 11.8 Å². The van der Waals surface area contributed by atoms with Gasteiger partial charge in [-0.2, -0.15) is 0 Å². The van der Waals surface area contributed by atoms with Gasteiger partial charge in [-0.15, -0.1) is 5.92 Å². The minimum absolute atomic E-state index is 0.184. The molecule has 0 radical (unpaired) electrons. The van der Waals surface area contributed by atoms with Gasteiger partial charge in [-0.1, -0.05) is 18.8 Å². The van der Waals surface area contributed by atoms with Crippen molar-refractivity contribution < 1.29 is 4.79 Å². The molecule has 0 aromatic heterocycles. The summed E-state index contributed by atoms with van der Waals surface area (Å²) in [5, 5.41) is 3.17. The third kappa shape index (κ3) is 4.69. The van der Waals surface area contributed by atoms with Crippen LogP contribution in [0.1, 0.15) is 39.0 Å². The molecule has 13 heavy (non-hydrogen) atoms. The number of hydrogen-bond acceptors (Lipinski definition) is 2. The lowest BCUT2D eigenvalue weighted by Gasteiger charge is -2.13. The Morgan fingerprint density at radius 1 is 1.46 bits per heavy atom. The van der Waals surface area contributed by atoms with E-state index in [1.807, 2.05) is 0 Å². The minimum atomic E-state index is 0.184. The van der Waals surface area contributed by atoms with Gasteiger partial charge in [-0.25, -0.2) is 0 Å². The Balaban J connectivity index is 2.32. The molecule has 0 aliphatic heterocycles. The van der Waals surface area contributed by atoms with Crippen LogP contribution in [0.2, 0.25) is 0 Å². The van der Waals surface area contributed by atoms with E-state index in [1.165, 1.54) is 19.3 Å². The van der Waals surface area contributed by atoms with Crippen LogP contribution in [0.5, 0.6) is 0 Å². The lowest BCUT2D eigenvalue weighted by molar-refractivity contribution is -0.116. The summed E-state index contributed by atoms with van der Waals surface area (Å²) in [4.78, 5) is 10.7. The van der Waals surface area contributed by atoms with Crippen LogP contribution >= 0.6 is 0 Å². The molecule has 0 amide bonds. The zero-order chi connectivity index (χ0) is 9.52. The number of carbonyl (C=O) groups excluding carboxylic acids is 1. The second kappa shape index (κ2) is 5.77. The first-order valence-electron chi connectivity index (χ1n) is 5.00. The Bertz CT molecular complexity index is 224. The van der Waals surface area contributed by atoms with Gasteiger partial charge in [0.05, 0.1) is 12.6 Å². The highest BCUT2D eigenvalue weighted by atomic mass is 16.1. The number of rotatable bonds is 3. The summed E-state index contributed by atoms with van der Waals surface area (Å²) in [5.74, 6) is 6.48. The summed E-state index contributed by atoms with van der Waals surface area (Å²) in [7, 11) is 0. The molecule has 1 rings (SSSR count). The Labute approximate surface area is 80.1 Å². The van der Waals surface area contributed by atoms with Crippen LogP contribution in [-0.2, 0) is 4.79 Å². The summed E-state index contributed by atoms with van der Waals surface area (Å²) in [6, 6.07) is 0.240. The first kappa shape index (κ1) is 10.3. The molecule has 0 aromatic rings. The third-order valence-corrected chi connectivity index (χ3v) is 2.17. The highest BCUT2D eigenvalue weighted by molar-refractivity contribution is 5.77. The molecule has 1 N–H and O–H groups in total. The highest BCUT2D eigenvalue weighted by Gasteiger charge is 2.06. The molecular formula is C11H17NO. The van der Waals surface area contributed by atoms with Crippen molar-refractivity contribution >= 4 is 5.78 Å². The lowest BCUT2D eigenvalue weighted by atomic mass is 10.0. The molecule has 0 spiro atoms. The number of nitrogens with one attached hydrogen (secondary N) is 1. The average molecular weight is 179 g/mol. The van der Waals surface area contributed by atoms with Crippen molar-refractivity contribution in [3.05, 3.63) is 0 Å². The molecule has 1 aliphatic rings. The molecule has 0 fully saturated rings. The fraction of sp³-hybridized carbons (Fsp3) is 0.727. The average Bonchev–Trinajstić information content (AvgIpc) is 2.01. The minimum Gasteiger partial charge on any atom is -0.299 e. The maximum absolute atomic E-state index is 10.7. The van der Waals surface area contributed by atoms with Crippen molar-refractivity contribution in [2.45, 2.75) is 45.1 Å². The topological polar surface area (TPSA) is 29.1 Å². The van der Waals surface area contributed by atoms with Crippen molar-refractivity contribution in [2.75, 3.05) is 6.54 Å². The Morgan fingerprint density at radius 3 is 3.08 bits per heavy atom. The van der Waals surface area contributed by atoms with Crippen LogP contribution < -0.4 is 5.32 Å². The molecule has 0 saturated heterocycles. The summed E-state index contributed by atoms with van der Waals surface area (Å²) in [6.07, 6.45) is 5.82. The van der Waals surface area contributed by atoms with Crippen LogP contribution in [0.25, 0.3) is 0 Å². The van der Waals surface area contributed by atoms with E-state index >= 15 is 0 Å². The zero-order valence-electron chi connectivity index (χ0n) is 8.23. The Morgan fingerprint density at radius 2 is 2.31 bits per heavy atom. The van der Waals surface area contributed by atoms with Crippen molar-refractivity contribution in [3.63, 3.8) is 0 Å². The monoisotopic (exact) mass is 179 g/mol. The van der Waals surface area contributed by atoms with Gasteiger partial charge < -0.3 is 0 Å². The first-order valence-corrected chi connectivity index (χ1v) is 5.00. The van der Waals surface area contributed by atoms with Crippen LogP contribution in [0, 0.1) is 11.8 Å².